The van der Waals surface area contributed by atoms with Gasteiger partial charge in [-0.25, -0.2) is 4.39 Å². The van der Waals surface area contributed by atoms with Crippen molar-refractivity contribution in [3.63, 3.8) is 0 Å². The van der Waals surface area contributed by atoms with Gasteiger partial charge in [0, 0.05) is 11.6 Å². The normalized spacial score (nSPS) is 18.1. The zero-order valence-corrected chi connectivity index (χ0v) is 13.7. The van der Waals surface area contributed by atoms with Gasteiger partial charge < -0.3 is 5.32 Å². The third-order valence-electron chi connectivity index (χ3n) is 4.74. The zero-order valence-electron chi connectivity index (χ0n) is 13.7. The summed E-state index contributed by atoms with van der Waals surface area (Å²) >= 11 is 0. The summed E-state index contributed by atoms with van der Waals surface area (Å²) in [5, 5.41) is 3.69. The average molecular weight is 292 g/mol. The van der Waals surface area contributed by atoms with E-state index in [1.807, 2.05) is 12.1 Å². The van der Waals surface area contributed by atoms with Gasteiger partial charge in [-0.15, -0.1) is 0 Å². The predicted octanol–water partition coefficient (Wildman–Crippen LogP) is 3.61. The van der Waals surface area contributed by atoms with Crippen LogP contribution in [0.15, 0.2) is 24.3 Å². The molecule has 21 heavy (non-hydrogen) atoms. The zero-order chi connectivity index (χ0) is 15.3. The molecule has 2 nitrogen and oxygen atoms in total. The van der Waals surface area contributed by atoms with E-state index in [1.54, 1.807) is 6.07 Å². The highest BCUT2D eigenvalue weighted by atomic mass is 19.1. The van der Waals surface area contributed by atoms with Crippen LogP contribution in [-0.4, -0.2) is 36.1 Å². The van der Waals surface area contributed by atoms with Gasteiger partial charge in [-0.3, -0.25) is 4.90 Å². The van der Waals surface area contributed by atoms with Crippen molar-refractivity contribution in [3.8, 4) is 0 Å². The summed E-state index contributed by atoms with van der Waals surface area (Å²) in [5.41, 5.74) is 1.17. The fourth-order valence-electron chi connectivity index (χ4n) is 3.30. The number of nitrogens with one attached hydrogen (secondary N) is 1. The molecule has 1 unspecified atom stereocenters. The third kappa shape index (κ3) is 4.27. The smallest absolute Gasteiger partial charge is 0.123 e. The predicted molar refractivity (Wildman–Crippen MR) is 87.1 cm³/mol. The van der Waals surface area contributed by atoms with Gasteiger partial charge in [-0.1, -0.05) is 19.1 Å². The molecule has 0 amide bonds. The van der Waals surface area contributed by atoms with E-state index in [2.05, 4.69) is 31.0 Å². The van der Waals surface area contributed by atoms with Crippen LogP contribution in [0.3, 0.4) is 0 Å². The lowest BCUT2D eigenvalue weighted by molar-refractivity contribution is 0.106. The minimum atomic E-state index is -0.138. The molecule has 0 spiro atoms. The number of nitrogens with zero attached hydrogens (tertiary/aromatic N) is 1. The molecule has 0 aromatic heterocycles. The van der Waals surface area contributed by atoms with Gasteiger partial charge in [-0.2, -0.15) is 0 Å². The summed E-state index contributed by atoms with van der Waals surface area (Å²) < 4.78 is 13.4. The molecule has 1 aromatic rings. The lowest BCUT2D eigenvalue weighted by Gasteiger charge is -2.43. The summed E-state index contributed by atoms with van der Waals surface area (Å²) in [4.78, 5) is 2.58. The lowest BCUT2D eigenvalue weighted by Crippen LogP contribution is -2.58. The molecule has 0 aliphatic carbocycles. The number of halogens is 1. The maximum absolute atomic E-state index is 13.4. The maximum Gasteiger partial charge on any atom is 0.123 e. The molecular formula is C18H29FN2. The number of likely N-dealkylation sites (tertiary alicyclic amines) is 1. The molecule has 1 N–H and O–H groups in total. The van der Waals surface area contributed by atoms with E-state index < -0.39 is 0 Å². The van der Waals surface area contributed by atoms with Crippen molar-refractivity contribution >= 4 is 0 Å². The van der Waals surface area contributed by atoms with Gasteiger partial charge in [0.1, 0.15) is 5.82 Å². The summed E-state index contributed by atoms with van der Waals surface area (Å²) in [6, 6.07) is 7.37. The van der Waals surface area contributed by atoms with Crippen LogP contribution in [0.2, 0.25) is 0 Å². The molecule has 0 bridgehead atoms. The highest BCUT2D eigenvalue weighted by molar-refractivity contribution is 5.19. The van der Waals surface area contributed by atoms with Crippen LogP contribution in [0.1, 0.15) is 45.6 Å². The first-order valence-corrected chi connectivity index (χ1v) is 8.27. The molecule has 1 aliphatic rings. The van der Waals surface area contributed by atoms with E-state index in [0.717, 1.165) is 24.9 Å². The Hall–Kier alpha value is -0.930. The van der Waals surface area contributed by atoms with Gasteiger partial charge in [0.2, 0.25) is 0 Å². The monoisotopic (exact) mass is 292 g/mol. The molecular weight excluding hydrogens is 263 g/mol. The van der Waals surface area contributed by atoms with Crippen LogP contribution in [0.5, 0.6) is 0 Å². The maximum atomic E-state index is 13.4. The first-order valence-electron chi connectivity index (χ1n) is 8.27. The highest BCUT2D eigenvalue weighted by Gasteiger charge is 2.36. The molecule has 1 saturated heterocycles. The standard InChI is InChI=1S/C18H29FN2/c1-4-10-20-17(14-15-8-7-9-16(19)13-15)18(2,3)21-11-5-6-12-21/h7-9,13,17,20H,4-6,10-12,14H2,1-3H3. The fourth-order valence-corrected chi connectivity index (χ4v) is 3.30. The number of rotatable bonds is 7. The van der Waals surface area contributed by atoms with Crippen molar-refractivity contribution in [2.45, 2.75) is 58.0 Å². The summed E-state index contributed by atoms with van der Waals surface area (Å²) in [6.45, 7) is 10.2. The molecule has 1 heterocycles. The molecule has 0 radical (unpaired) electrons. The van der Waals surface area contributed by atoms with Gasteiger partial charge in [0.15, 0.2) is 0 Å². The minimum absolute atomic E-state index is 0.0952. The first kappa shape index (κ1) is 16.4. The van der Waals surface area contributed by atoms with E-state index in [9.17, 15) is 4.39 Å². The van der Waals surface area contributed by atoms with Crippen LogP contribution in [0, 0.1) is 5.82 Å². The molecule has 1 atom stereocenters. The topological polar surface area (TPSA) is 15.3 Å². The largest absolute Gasteiger partial charge is 0.312 e. The molecule has 2 rings (SSSR count). The van der Waals surface area contributed by atoms with Crippen LogP contribution < -0.4 is 5.32 Å². The second kappa shape index (κ2) is 7.37. The van der Waals surface area contributed by atoms with Crippen molar-refractivity contribution in [2.75, 3.05) is 19.6 Å². The number of benzene rings is 1. The molecule has 1 aromatic carbocycles. The van der Waals surface area contributed by atoms with Crippen molar-refractivity contribution in [3.05, 3.63) is 35.6 Å². The SMILES string of the molecule is CCCNC(Cc1cccc(F)c1)C(C)(C)N1CCCC1. The Balaban J connectivity index is 2.12. The Kier molecular flexibility index (Phi) is 5.77. The van der Waals surface area contributed by atoms with E-state index in [0.29, 0.717) is 6.04 Å². The van der Waals surface area contributed by atoms with Gasteiger partial charge in [-0.05, 0) is 76.9 Å². The van der Waals surface area contributed by atoms with Crippen LogP contribution >= 0.6 is 0 Å². The number of hydrogen-bond donors (Lipinski definition) is 1. The lowest BCUT2D eigenvalue weighted by atomic mass is 9.87. The molecule has 3 heteroatoms. The van der Waals surface area contributed by atoms with E-state index in [1.165, 1.54) is 32.0 Å². The summed E-state index contributed by atoms with van der Waals surface area (Å²) in [5.74, 6) is -0.138. The Morgan fingerprint density at radius 3 is 2.62 bits per heavy atom. The quantitative estimate of drug-likeness (QED) is 0.826. The summed E-state index contributed by atoms with van der Waals surface area (Å²) in [6.07, 6.45) is 4.59. The van der Waals surface area contributed by atoms with Gasteiger partial charge in [0.25, 0.3) is 0 Å². The van der Waals surface area contributed by atoms with E-state index >= 15 is 0 Å². The Bertz CT molecular complexity index is 439. The number of hydrogen-bond acceptors (Lipinski definition) is 2. The van der Waals surface area contributed by atoms with Crippen molar-refractivity contribution in [1.29, 1.82) is 0 Å². The Labute approximate surface area is 128 Å². The second-order valence-electron chi connectivity index (χ2n) is 6.69. The molecule has 1 aliphatic heterocycles. The van der Waals surface area contributed by atoms with E-state index in [4.69, 9.17) is 0 Å². The van der Waals surface area contributed by atoms with Crippen LogP contribution in [-0.2, 0) is 6.42 Å². The minimum Gasteiger partial charge on any atom is -0.312 e. The fraction of sp³-hybridized carbons (Fsp3) is 0.667. The van der Waals surface area contributed by atoms with Crippen LogP contribution in [0.4, 0.5) is 4.39 Å². The van der Waals surface area contributed by atoms with Gasteiger partial charge in [0.05, 0.1) is 0 Å². The molecule has 118 valence electrons. The van der Waals surface area contributed by atoms with E-state index in [-0.39, 0.29) is 11.4 Å². The van der Waals surface area contributed by atoms with Crippen molar-refractivity contribution in [2.24, 2.45) is 0 Å². The van der Waals surface area contributed by atoms with Crippen LogP contribution in [0.25, 0.3) is 0 Å². The molecule has 0 saturated carbocycles. The second-order valence-corrected chi connectivity index (χ2v) is 6.69. The first-order chi connectivity index (χ1) is 10.0. The van der Waals surface area contributed by atoms with Crippen molar-refractivity contribution in [1.82, 2.24) is 10.2 Å². The Morgan fingerprint density at radius 2 is 2.00 bits per heavy atom. The highest BCUT2D eigenvalue weighted by Crippen LogP contribution is 2.26. The molecule has 1 fully saturated rings. The summed E-state index contributed by atoms with van der Waals surface area (Å²) in [7, 11) is 0. The average Bonchev–Trinajstić information content (AvgIpc) is 2.98. The van der Waals surface area contributed by atoms with Crippen molar-refractivity contribution < 1.29 is 4.39 Å². The Morgan fingerprint density at radius 1 is 1.29 bits per heavy atom. The van der Waals surface area contributed by atoms with Gasteiger partial charge >= 0.3 is 0 Å². The third-order valence-corrected chi connectivity index (χ3v) is 4.74.